The Morgan fingerprint density at radius 2 is 1.10 bits per heavy atom. The lowest BCUT2D eigenvalue weighted by Gasteiger charge is -2.31. The number of anilines is 8. The fourth-order valence-corrected chi connectivity index (χ4v) is 12.2. The molecule has 88 heavy (non-hydrogen) atoms. The van der Waals surface area contributed by atoms with Crippen molar-refractivity contribution >= 4 is 98.3 Å². The SMILES string of the molecule is CC(=O)OCc1c(-c2cn(C)c(=O)c(Nc3cccc(N)c3)n2)ccnc1N1CCn2c(cc3c2CC(C)(C)C3)C1=O.CC(=O)OCc1c(B(O)O)ccnc1N1CCn2c(cc3c2CC(C)(C)C3)C1=O.Cn1cc(Br)nc(Nc2cccc(N)c2)c1=O. The number of aryl methyl sites for hydroxylation is 2. The van der Waals surface area contributed by atoms with Gasteiger partial charge in [0.05, 0.1) is 5.69 Å². The fourth-order valence-electron chi connectivity index (χ4n) is 11.8. The van der Waals surface area contributed by atoms with E-state index in [2.05, 4.69) is 83.3 Å². The van der Waals surface area contributed by atoms with Crippen LogP contribution in [0.3, 0.4) is 0 Å². The highest BCUT2D eigenvalue weighted by Gasteiger charge is 2.40. The summed E-state index contributed by atoms with van der Waals surface area (Å²) in [4.78, 5) is 96.0. The number of pyridine rings is 2. The number of carbonyl (C=O) groups excluding carboxylic acids is 4. The van der Waals surface area contributed by atoms with Crippen LogP contribution in [-0.4, -0.2) is 92.2 Å². The lowest BCUT2D eigenvalue weighted by Crippen LogP contribution is -2.43. The molecule has 2 aliphatic heterocycles. The van der Waals surface area contributed by atoms with Gasteiger partial charge in [-0.1, -0.05) is 39.8 Å². The van der Waals surface area contributed by atoms with E-state index in [9.17, 15) is 38.8 Å². The van der Waals surface area contributed by atoms with Crippen LogP contribution in [0.15, 0.2) is 112 Å². The molecule has 0 fully saturated rings. The molecule has 8 heterocycles. The first kappa shape index (κ1) is 61.7. The highest BCUT2D eigenvalue weighted by atomic mass is 79.9. The third-order valence-corrected chi connectivity index (χ3v) is 16.1. The molecular weight excluding hydrogens is 1190 g/mol. The number of esters is 2. The Hall–Kier alpha value is -9.40. The second kappa shape index (κ2) is 24.8. The summed E-state index contributed by atoms with van der Waals surface area (Å²) in [5.41, 5.74) is 22.1. The van der Waals surface area contributed by atoms with Crippen LogP contribution in [0.5, 0.6) is 0 Å². The topological polar surface area (TPSA) is 315 Å². The van der Waals surface area contributed by atoms with E-state index in [1.807, 2.05) is 18.2 Å². The molecule has 456 valence electrons. The third-order valence-electron chi connectivity index (χ3n) is 15.7. The van der Waals surface area contributed by atoms with Gasteiger partial charge in [0.1, 0.15) is 40.8 Å². The second-order valence-corrected chi connectivity index (χ2v) is 24.6. The van der Waals surface area contributed by atoms with Gasteiger partial charge < -0.3 is 59.9 Å². The van der Waals surface area contributed by atoms with Crippen molar-refractivity contribution in [3.63, 3.8) is 0 Å². The van der Waals surface area contributed by atoms with Crippen LogP contribution in [0, 0.1) is 10.8 Å². The highest BCUT2D eigenvalue weighted by molar-refractivity contribution is 9.10. The van der Waals surface area contributed by atoms with E-state index >= 15 is 0 Å². The zero-order valence-corrected chi connectivity index (χ0v) is 51.6. The van der Waals surface area contributed by atoms with Crippen molar-refractivity contribution in [2.24, 2.45) is 24.9 Å². The van der Waals surface area contributed by atoms with Crippen LogP contribution in [0.25, 0.3) is 11.3 Å². The zero-order chi connectivity index (χ0) is 63.1. The van der Waals surface area contributed by atoms with Gasteiger partial charge in [-0.2, -0.15) is 0 Å². The van der Waals surface area contributed by atoms with Crippen molar-refractivity contribution in [2.75, 3.05) is 45.0 Å². The summed E-state index contributed by atoms with van der Waals surface area (Å²) >= 11 is 3.24. The van der Waals surface area contributed by atoms with Crippen LogP contribution in [0.4, 0.5) is 46.0 Å². The number of rotatable bonds is 12. The molecule has 6 aromatic heterocycles. The number of hydrogen-bond donors (Lipinski definition) is 6. The van der Waals surface area contributed by atoms with Crippen LogP contribution in [0.1, 0.15) is 96.2 Å². The average Bonchev–Trinajstić information content (AvgIpc) is 4.14. The lowest BCUT2D eigenvalue weighted by molar-refractivity contribution is -0.143. The number of nitrogens with two attached hydrogens (primary N) is 2. The van der Waals surface area contributed by atoms with Crippen LogP contribution in [-0.2, 0) is 85.1 Å². The van der Waals surface area contributed by atoms with E-state index in [0.717, 1.165) is 31.4 Å². The second-order valence-electron chi connectivity index (χ2n) is 23.8. The molecule has 0 bridgehead atoms. The van der Waals surface area contributed by atoms with Crippen molar-refractivity contribution < 1.29 is 38.7 Å². The molecule has 0 saturated heterocycles. The maximum Gasteiger partial charge on any atom is 0.489 e. The number of halogens is 1. The van der Waals surface area contributed by atoms with E-state index in [4.69, 9.17) is 20.9 Å². The number of ether oxygens (including phenoxy) is 2. The zero-order valence-electron chi connectivity index (χ0n) is 50.1. The first-order valence-corrected chi connectivity index (χ1v) is 29.2. The minimum atomic E-state index is -1.77. The number of nitrogen functional groups attached to an aromatic ring is 2. The number of nitrogens with zero attached hydrogens (tertiary/aromatic N) is 10. The molecule has 0 radical (unpaired) electrons. The number of benzene rings is 2. The molecule has 2 amide bonds. The third kappa shape index (κ3) is 13.1. The van der Waals surface area contributed by atoms with E-state index in [-0.39, 0.29) is 69.9 Å². The van der Waals surface area contributed by atoms with Crippen LogP contribution < -0.4 is 48.5 Å². The number of aromatic nitrogens is 8. The molecule has 8 N–H and O–H groups in total. The van der Waals surface area contributed by atoms with E-state index in [1.54, 1.807) is 86.1 Å². The standard InChI is InChI=1S/C31H33N7O4.C20H24BN3O5.C11H11BrN4O/c1-18(39)42-17-23-22(24-16-36(4)30(41)27(35-24)34-21-7-5-6-20(32)13-21)8-9-33-28(23)38-11-10-37-25(29(38)40)12-19-14-31(2,3)15-26(19)37;1-12(25)29-11-14-15(21(27)28)4-5-22-18(14)24-7-6-23-16(19(24)26)8-13-9-20(2,3)10-17(13)23;1-16-6-9(12)15-10(11(16)17)14-8-4-2-3-7(13)5-8/h5-9,12-13,16H,10-11,14-15,17,32H2,1-4H3,(H,34,35);4-5,8,27-28H,6-7,9-11H2,1-3H3;2-6H,13H2,1H3,(H,14,15). The lowest BCUT2D eigenvalue weighted by atomic mass is 9.77. The maximum atomic E-state index is 13.9. The normalized spacial score (nSPS) is 14.9. The van der Waals surface area contributed by atoms with Gasteiger partial charge in [0.25, 0.3) is 22.9 Å². The molecular formula is C62H68BBrN14O10. The Balaban J connectivity index is 0.000000160. The minimum absolute atomic E-state index is 0.0988. The summed E-state index contributed by atoms with van der Waals surface area (Å²) in [6.07, 6.45) is 9.99. The number of fused-ring (bicyclic) bond motifs is 6. The van der Waals surface area contributed by atoms with Gasteiger partial charge in [0, 0.05) is 130 Å². The van der Waals surface area contributed by atoms with Gasteiger partial charge in [-0.3, -0.25) is 38.6 Å². The Kier molecular flexibility index (Phi) is 17.4. The summed E-state index contributed by atoms with van der Waals surface area (Å²) in [5.74, 6) is -0.275. The van der Waals surface area contributed by atoms with Crippen molar-refractivity contribution in [1.82, 2.24) is 38.2 Å². The largest absolute Gasteiger partial charge is 0.489 e. The van der Waals surface area contributed by atoms with E-state index in [0.29, 0.717) is 87.4 Å². The molecule has 2 aromatic carbocycles. The number of carbonyl (C=O) groups is 4. The van der Waals surface area contributed by atoms with Gasteiger partial charge in [0.2, 0.25) is 0 Å². The highest BCUT2D eigenvalue weighted by Crippen LogP contribution is 2.42. The monoisotopic (exact) mass is 1260 g/mol. The summed E-state index contributed by atoms with van der Waals surface area (Å²) in [5, 5.41) is 25.5. The summed E-state index contributed by atoms with van der Waals surface area (Å²) in [6, 6.07) is 21.3. The number of nitrogens with one attached hydrogen (secondary N) is 2. The first-order chi connectivity index (χ1) is 41.7. The quantitative estimate of drug-likeness (QED) is 0.0457. The molecule has 0 atom stereocenters. The van der Waals surface area contributed by atoms with Crippen molar-refractivity contribution in [3.05, 3.63) is 168 Å². The molecule has 0 saturated carbocycles. The van der Waals surface area contributed by atoms with Crippen molar-refractivity contribution in [2.45, 2.75) is 93.5 Å². The first-order valence-electron chi connectivity index (χ1n) is 28.5. The Morgan fingerprint density at radius 1 is 0.636 bits per heavy atom. The molecule has 24 nitrogen and oxygen atoms in total. The molecule has 26 heteroatoms. The summed E-state index contributed by atoms with van der Waals surface area (Å²) < 4.78 is 18.2. The van der Waals surface area contributed by atoms with Crippen molar-refractivity contribution in [1.29, 1.82) is 0 Å². The number of hydrogen-bond acceptors (Lipinski definition) is 18. The Bertz CT molecular complexity index is 4210. The van der Waals surface area contributed by atoms with Crippen LogP contribution in [0.2, 0.25) is 0 Å². The van der Waals surface area contributed by atoms with Gasteiger partial charge in [0.15, 0.2) is 11.6 Å². The molecule has 2 aliphatic carbocycles. The van der Waals surface area contributed by atoms with Gasteiger partial charge in [-0.25, -0.2) is 19.9 Å². The smallest absolute Gasteiger partial charge is 0.461 e. The van der Waals surface area contributed by atoms with Crippen molar-refractivity contribution in [3.8, 4) is 11.3 Å². The molecule has 0 spiro atoms. The molecule has 0 unspecified atom stereocenters. The fraction of sp³-hybridized carbons (Fsp3) is 0.323. The Morgan fingerprint density at radius 3 is 1.59 bits per heavy atom. The minimum Gasteiger partial charge on any atom is -0.461 e. The molecule has 8 aromatic rings. The summed E-state index contributed by atoms with van der Waals surface area (Å²) in [7, 11) is 1.53. The predicted octanol–water partition coefficient (Wildman–Crippen LogP) is 6.10. The molecule has 4 aliphatic rings. The average molecular weight is 1260 g/mol. The number of amides is 2. The Labute approximate surface area is 515 Å². The maximum absolute atomic E-state index is 13.9. The predicted molar refractivity (Wildman–Crippen MR) is 338 cm³/mol. The van der Waals surface area contributed by atoms with Gasteiger partial charge in [-0.15, -0.1) is 0 Å². The summed E-state index contributed by atoms with van der Waals surface area (Å²) in [6.45, 7) is 13.3. The van der Waals surface area contributed by atoms with Gasteiger partial charge in [-0.05, 0) is 130 Å². The van der Waals surface area contributed by atoms with Crippen LogP contribution >= 0.6 is 15.9 Å². The van der Waals surface area contributed by atoms with E-state index < -0.39 is 19.1 Å². The molecule has 12 rings (SSSR count). The van der Waals surface area contributed by atoms with Gasteiger partial charge >= 0.3 is 19.1 Å². The van der Waals surface area contributed by atoms with E-state index in [1.165, 1.54) is 62.7 Å².